The van der Waals surface area contributed by atoms with Gasteiger partial charge in [-0.15, -0.1) is 0 Å². The smallest absolute Gasteiger partial charge is 0.186 e. The number of hydrogen-bond donors (Lipinski definition) is 0. The molecule has 0 radical (unpaired) electrons. The van der Waals surface area contributed by atoms with Gasteiger partial charge in [-0.25, -0.2) is 0 Å². The average molecular weight is 236 g/mol. The Morgan fingerprint density at radius 1 is 1.14 bits per heavy atom. The number of unbranched alkanes of at least 4 members (excludes halogenated alkanes) is 1. The van der Waals surface area contributed by atoms with E-state index in [9.17, 15) is 0 Å². The fraction of sp³-hybridized carbons (Fsp3) is 1.00. The quantitative estimate of drug-likeness (QED) is 0.409. The predicted molar refractivity (Wildman–Crippen MR) is 65.3 cm³/mol. The summed E-state index contributed by atoms with van der Waals surface area (Å²) in [6.45, 7) is 3.29. The molecule has 0 saturated carbocycles. The van der Waals surface area contributed by atoms with Crippen molar-refractivity contribution in [2.45, 2.75) is 25.4 Å². The Balaban J connectivity index is 3.07. The molecule has 0 heterocycles. The zero-order chi connectivity index (χ0) is 10.6. The van der Waals surface area contributed by atoms with Gasteiger partial charge in [0.25, 0.3) is 0 Å². The number of rotatable bonds is 10. The minimum atomic E-state index is -0.586. The standard InChI is InChI=1S/C9H24O3Si2/c1-10-6-4-5-7-14(3)9-12-13-8-11-2/h14H,4-9,13H2,1-3H3. The lowest BCUT2D eigenvalue weighted by atomic mass is 10.4. The number of ether oxygens (including phenoxy) is 2. The van der Waals surface area contributed by atoms with E-state index in [1.54, 1.807) is 14.2 Å². The van der Waals surface area contributed by atoms with Gasteiger partial charge in [0.1, 0.15) is 0 Å². The van der Waals surface area contributed by atoms with Gasteiger partial charge in [-0.05, 0) is 6.42 Å². The number of hydrogen-bond acceptors (Lipinski definition) is 3. The van der Waals surface area contributed by atoms with Crippen molar-refractivity contribution in [3.63, 3.8) is 0 Å². The SMILES string of the molecule is COCCCC[SiH](C)CO[SiH2]COC. The molecule has 0 aliphatic carbocycles. The molecule has 0 fully saturated rings. The third-order valence-corrected chi connectivity index (χ3v) is 5.90. The first kappa shape index (κ1) is 14.3. The van der Waals surface area contributed by atoms with Crippen molar-refractivity contribution in [1.29, 1.82) is 0 Å². The second-order valence-corrected chi connectivity index (χ2v) is 8.01. The maximum atomic E-state index is 5.64. The first-order valence-corrected chi connectivity index (χ1v) is 9.73. The molecular weight excluding hydrogens is 212 g/mol. The van der Waals surface area contributed by atoms with E-state index in [1.165, 1.54) is 18.9 Å². The van der Waals surface area contributed by atoms with Crippen LogP contribution in [0.15, 0.2) is 0 Å². The second-order valence-electron chi connectivity index (χ2n) is 3.66. The molecule has 3 nitrogen and oxygen atoms in total. The first-order valence-electron chi connectivity index (χ1n) is 5.37. The summed E-state index contributed by atoms with van der Waals surface area (Å²) in [5, 5.41) is 0. The molecule has 86 valence electrons. The second kappa shape index (κ2) is 11.4. The van der Waals surface area contributed by atoms with Gasteiger partial charge in [-0.1, -0.05) is 19.0 Å². The Hall–Kier alpha value is 0.314. The lowest BCUT2D eigenvalue weighted by molar-refractivity contribution is 0.194. The van der Waals surface area contributed by atoms with E-state index in [4.69, 9.17) is 13.9 Å². The maximum absolute atomic E-state index is 5.64. The molecule has 0 aliphatic rings. The molecule has 0 spiro atoms. The molecule has 14 heavy (non-hydrogen) atoms. The van der Waals surface area contributed by atoms with Crippen molar-refractivity contribution < 1.29 is 13.9 Å². The molecule has 1 atom stereocenters. The first-order chi connectivity index (χ1) is 6.81. The van der Waals surface area contributed by atoms with Gasteiger partial charge in [0.05, 0.1) is 15.0 Å². The van der Waals surface area contributed by atoms with Crippen LogP contribution in [0, 0.1) is 0 Å². The average Bonchev–Trinajstić information content (AvgIpc) is 2.19. The van der Waals surface area contributed by atoms with Gasteiger partial charge in [0.2, 0.25) is 0 Å². The zero-order valence-electron chi connectivity index (χ0n) is 9.75. The van der Waals surface area contributed by atoms with Gasteiger partial charge >= 0.3 is 0 Å². The summed E-state index contributed by atoms with van der Waals surface area (Å²) in [6, 6.07) is 1.38. The third kappa shape index (κ3) is 10.4. The highest BCUT2D eigenvalue weighted by Crippen LogP contribution is 2.01. The zero-order valence-corrected chi connectivity index (χ0v) is 12.3. The highest BCUT2D eigenvalue weighted by molar-refractivity contribution is 6.57. The van der Waals surface area contributed by atoms with E-state index in [0.29, 0.717) is 0 Å². The molecule has 0 amide bonds. The van der Waals surface area contributed by atoms with Gasteiger partial charge < -0.3 is 13.9 Å². The molecule has 0 aromatic carbocycles. The van der Waals surface area contributed by atoms with Crippen LogP contribution >= 0.6 is 0 Å². The van der Waals surface area contributed by atoms with Crippen molar-refractivity contribution in [2.75, 3.05) is 33.3 Å². The summed E-state index contributed by atoms with van der Waals surface area (Å²) in [7, 11) is 2.54. The summed E-state index contributed by atoms with van der Waals surface area (Å²) in [4.78, 5) is 0. The van der Waals surface area contributed by atoms with Crippen LogP contribution < -0.4 is 0 Å². The summed E-state index contributed by atoms with van der Waals surface area (Å²) in [5.74, 6) is 0. The Labute approximate surface area is 91.7 Å². The molecular formula is C9H24O3Si2. The minimum absolute atomic E-state index is 0.377. The summed E-state index contributed by atoms with van der Waals surface area (Å²) in [5.41, 5.74) is 0. The van der Waals surface area contributed by atoms with Crippen LogP contribution in [0.4, 0.5) is 0 Å². The molecule has 0 saturated heterocycles. The maximum Gasteiger partial charge on any atom is 0.186 e. The van der Waals surface area contributed by atoms with Gasteiger partial charge in [0.15, 0.2) is 9.76 Å². The van der Waals surface area contributed by atoms with E-state index >= 15 is 0 Å². The van der Waals surface area contributed by atoms with E-state index < -0.39 is 8.80 Å². The van der Waals surface area contributed by atoms with Crippen molar-refractivity contribution in [1.82, 2.24) is 0 Å². The molecule has 5 heteroatoms. The Kier molecular flexibility index (Phi) is 11.6. The molecule has 0 N–H and O–H groups in total. The lowest BCUT2D eigenvalue weighted by Crippen LogP contribution is -2.20. The normalized spacial score (nSPS) is 13.9. The van der Waals surface area contributed by atoms with Gasteiger partial charge in [-0.3, -0.25) is 0 Å². The third-order valence-electron chi connectivity index (χ3n) is 2.13. The van der Waals surface area contributed by atoms with Crippen LogP contribution in [-0.4, -0.2) is 51.8 Å². The molecule has 0 aromatic heterocycles. The fourth-order valence-electron chi connectivity index (χ4n) is 1.25. The van der Waals surface area contributed by atoms with Crippen LogP contribution in [0.3, 0.4) is 0 Å². The fourth-order valence-corrected chi connectivity index (χ4v) is 4.96. The van der Waals surface area contributed by atoms with Gasteiger partial charge in [0, 0.05) is 27.1 Å². The molecule has 0 bridgehead atoms. The molecule has 1 unspecified atom stereocenters. The summed E-state index contributed by atoms with van der Waals surface area (Å²) >= 11 is 0. The van der Waals surface area contributed by atoms with Crippen molar-refractivity contribution >= 4 is 18.6 Å². The largest absolute Gasteiger partial charge is 0.425 e. The predicted octanol–water partition coefficient (Wildman–Crippen LogP) is 0.513. The van der Waals surface area contributed by atoms with E-state index in [-0.39, 0.29) is 9.76 Å². The Bertz CT molecular complexity index is 102. The Morgan fingerprint density at radius 2 is 1.93 bits per heavy atom. The van der Waals surface area contributed by atoms with Crippen LogP contribution in [0.2, 0.25) is 12.6 Å². The van der Waals surface area contributed by atoms with E-state index in [2.05, 4.69) is 6.55 Å². The topological polar surface area (TPSA) is 27.7 Å². The molecule has 0 rings (SSSR count). The highest BCUT2D eigenvalue weighted by atomic mass is 28.3. The molecule has 0 aliphatic heterocycles. The lowest BCUT2D eigenvalue weighted by Gasteiger charge is -2.10. The van der Waals surface area contributed by atoms with Crippen LogP contribution in [-0.2, 0) is 13.9 Å². The van der Waals surface area contributed by atoms with Crippen LogP contribution in [0.25, 0.3) is 0 Å². The monoisotopic (exact) mass is 236 g/mol. The van der Waals surface area contributed by atoms with E-state index in [1.807, 2.05) is 0 Å². The van der Waals surface area contributed by atoms with E-state index in [0.717, 1.165) is 19.1 Å². The summed E-state index contributed by atoms with van der Waals surface area (Å²) < 4.78 is 15.6. The minimum Gasteiger partial charge on any atom is -0.425 e. The van der Waals surface area contributed by atoms with Crippen molar-refractivity contribution in [3.05, 3.63) is 0 Å². The van der Waals surface area contributed by atoms with Crippen molar-refractivity contribution in [2.24, 2.45) is 0 Å². The van der Waals surface area contributed by atoms with Crippen LogP contribution in [0.1, 0.15) is 12.8 Å². The highest BCUT2D eigenvalue weighted by Gasteiger charge is 2.03. The Morgan fingerprint density at radius 3 is 2.57 bits per heavy atom. The molecule has 0 aromatic rings. The van der Waals surface area contributed by atoms with Crippen LogP contribution in [0.5, 0.6) is 0 Å². The van der Waals surface area contributed by atoms with Crippen molar-refractivity contribution in [3.8, 4) is 0 Å². The number of methoxy groups -OCH3 is 2. The van der Waals surface area contributed by atoms with Gasteiger partial charge in [-0.2, -0.15) is 0 Å². The summed E-state index contributed by atoms with van der Waals surface area (Å²) in [6.07, 6.45) is 4.40.